The van der Waals surface area contributed by atoms with E-state index in [0.29, 0.717) is 5.92 Å². The van der Waals surface area contributed by atoms with Gasteiger partial charge < -0.3 is 10.4 Å². The molecular formula is C13H22N2O4. The molecule has 2 atom stereocenters. The summed E-state index contributed by atoms with van der Waals surface area (Å²) in [5.74, 6) is -0.882. The Bertz CT molecular complexity index is 379. The van der Waals surface area contributed by atoms with Crippen LogP contribution in [-0.4, -0.2) is 29.1 Å². The first-order valence-corrected chi connectivity index (χ1v) is 6.55. The highest BCUT2D eigenvalue weighted by atomic mass is 16.4. The summed E-state index contributed by atoms with van der Waals surface area (Å²) in [6.45, 7) is 5.43. The van der Waals surface area contributed by atoms with Crippen molar-refractivity contribution < 1.29 is 19.5 Å². The maximum absolute atomic E-state index is 11.6. The van der Waals surface area contributed by atoms with Crippen LogP contribution in [0, 0.1) is 11.3 Å². The lowest BCUT2D eigenvalue weighted by Crippen LogP contribution is -2.42. The Hall–Kier alpha value is -1.59. The topological polar surface area (TPSA) is 95.5 Å². The second-order valence-electron chi connectivity index (χ2n) is 5.94. The van der Waals surface area contributed by atoms with Gasteiger partial charge in [0.1, 0.15) is 0 Å². The van der Waals surface area contributed by atoms with E-state index in [-0.39, 0.29) is 18.9 Å². The average Bonchev–Trinajstić information content (AvgIpc) is 2.91. The van der Waals surface area contributed by atoms with Crippen molar-refractivity contribution in [3.8, 4) is 0 Å². The second kappa shape index (κ2) is 6.04. The van der Waals surface area contributed by atoms with Crippen LogP contribution in [0.4, 0.5) is 4.79 Å². The molecule has 2 unspecified atom stereocenters. The Morgan fingerprint density at radius 1 is 1.26 bits per heavy atom. The lowest BCUT2D eigenvalue weighted by Gasteiger charge is -2.21. The lowest BCUT2D eigenvalue weighted by atomic mass is 9.85. The fourth-order valence-electron chi connectivity index (χ4n) is 2.16. The van der Waals surface area contributed by atoms with Crippen molar-refractivity contribution in [3.05, 3.63) is 0 Å². The molecule has 0 aromatic rings. The van der Waals surface area contributed by atoms with Crippen molar-refractivity contribution in [3.63, 3.8) is 0 Å². The number of imide groups is 1. The van der Waals surface area contributed by atoms with Crippen molar-refractivity contribution in [1.82, 2.24) is 10.6 Å². The van der Waals surface area contributed by atoms with Crippen molar-refractivity contribution in [1.29, 1.82) is 0 Å². The zero-order valence-electron chi connectivity index (χ0n) is 11.7. The van der Waals surface area contributed by atoms with Crippen LogP contribution in [0.1, 0.15) is 46.5 Å². The summed E-state index contributed by atoms with van der Waals surface area (Å²) in [5.41, 5.74) is -0.665. The van der Waals surface area contributed by atoms with Gasteiger partial charge in [0.05, 0.1) is 6.42 Å². The van der Waals surface area contributed by atoms with E-state index in [0.717, 1.165) is 12.8 Å². The molecule has 6 nitrogen and oxygen atoms in total. The van der Waals surface area contributed by atoms with Gasteiger partial charge in [0.15, 0.2) is 0 Å². The molecule has 1 fully saturated rings. The summed E-state index contributed by atoms with van der Waals surface area (Å²) in [4.78, 5) is 33.8. The van der Waals surface area contributed by atoms with Gasteiger partial charge in [-0.2, -0.15) is 0 Å². The highest BCUT2D eigenvalue weighted by molar-refractivity contribution is 5.94. The number of hydrogen-bond donors (Lipinski definition) is 3. The Morgan fingerprint density at radius 3 is 2.37 bits per heavy atom. The van der Waals surface area contributed by atoms with E-state index in [1.807, 2.05) is 0 Å². The number of amides is 3. The molecule has 3 N–H and O–H groups in total. The third-order valence-electron chi connectivity index (χ3n) is 3.29. The molecule has 0 heterocycles. The molecule has 1 saturated carbocycles. The van der Waals surface area contributed by atoms with Crippen LogP contribution >= 0.6 is 0 Å². The highest BCUT2D eigenvalue weighted by Gasteiger charge is 2.36. The van der Waals surface area contributed by atoms with Crippen molar-refractivity contribution >= 4 is 17.9 Å². The quantitative estimate of drug-likeness (QED) is 0.681. The summed E-state index contributed by atoms with van der Waals surface area (Å²) in [6.07, 6.45) is 1.88. The van der Waals surface area contributed by atoms with Crippen LogP contribution < -0.4 is 10.6 Å². The first-order chi connectivity index (χ1) is 8.73. The fraction of sp³-hybridized carbons (Fsp3) is 0.769. The minimum absolute atomic E-state index is 0.00852. The lowest BCUT2D eigenvalue weighted by molar-refractivity contribution is -0.139. The largest absolute Gasteiger partial charge is 0.481 e. The molecule has 0 radical (unpaired) electrons. The van der Waals surface area contributed by atoms with Gasteiger partial charge in [-0.05, 0) is 17.8 Å². The maximum atomic E-state index is 11.6. The van der Waals surface area contributed by atoms with E-state index < -0.39 is 23.3 Å². The standard InChI is InChI=1S/C13H22N2O4/c1-4-8-5-9(8)14-12(19)15-10(16)6-13(2,3)7-11(17)18/h8-9H,4-7H2,1-3H3,(H,17,18)(H2,14,15,16,19). The van der Waals surface area contributed by atoms with Crippen LogP contribution in [-0.2, 0) is 9.59 Å². The Kier molecular flexibility index (Phi) is 4.91. The molecule has 0 bridgehead atoms. The zero-order chi connectivity index (χ0) is 14.6. The SMILES string of the molecule is CCC1CC1NC(=O)NC(=O)CC(C)(C)CC(=O)O. The number of aliphatic carboxylic acids is 1. The third kappa shape index (κ3) is 5.72. The average molecular weight is 270 g/mol. The molecule has 0 aliphatic heterocycles. The second-order valence-corrected chi connectivity index (χ2v) is 5.94. The van der Waals surface area contributed by atoms with Crippen molar-refractivity contribution in [2.24, 2.45) is 11.3 Å². The minimum Gasteiger partial charge on any atom is -0.481 e. The maximum Gasteiger partial charge on any atom is 0.321 e. The number of hydrogen-bond acceptors (Lipinski definition) is 3. The molecule has 0 aromatic heterocycles. The number of carbonyl (C=O) groups is 3. The predicted octanol–water partition coefficient (Wildman–Crippen LogP) is 1.50. The van der Waals surface area contributed by atoms with Crippen molar-refractivity contribution in [2.45, 2.75) is 52.5 Å². The molecule has 1 aliphatic rings. The van der Waals surface area contributed by atoms with E-state index >= 15 is 0 Å². The molecule has 19 heavy (non-hydrogen) atoms. The van der Waals surface area contributed by atoms with E-state index in [1.165, 1.54) is 0 Å². The van der Waals surface area contributed by atoms with Crippen LogP contribution in [0.15, 0.2) is 0 Å². The van der Waals surface area contributed by atoms with E-state index in [4.69, 9.17) is 5.11 Å². The Labute approximate surface area is 112 Å². The summed E-state index contributed by atoms with van der Waals surface area (Å²) < 4.78 is 0. The van der Waals surface area contributed by atoms with Crippen LogP contribution in [0.2, 0.25) is 0 Å². The van der Waals surface area contributed by atoms with Gasteiger partial charge in [0.25, 0.3) is 0 Å². The molecule has 0 saturated heterocycles. The molecule has 108 valence electrons. The monoisotopic (exact) mass is 270 g/mol. The van der Waals surface area contributed by atoms with Gasteiger partial charge in [0, 0.05) is 12.5 Å². The van der Waals surface area contributed by atoms with Gasteiger partial charge in [0.2, 0.25) is 5.91 Å². The number of carbonyl (C=O) groups excluding carboxylic acids is 2. The van der Waals surface area contributed by atoms with E-state index in [2.05, 4.69) is 17.6 Å². The fourth-order valence-corrected chi connectivity index (χ4v) is 2.16. The normalized spacial score (nSPS) is 21.6. The van der Waals surface area contributed by atoms with Crippen LogP contribution in [0.5, 0.6) is 0 Å². The number of carboxylic acid groups (broad SMARTS) is 1. The minimum atomic E-state index is -0.953. The first-order valence-electron chi connectivity index (χ1n) is 6.55. The van der Waals surface area contributed by atoms with Gasteiger partial charge in [-0.1, -0.05) is 27.2 Å². The van der Waals surface area contributed by atoms with Crippen LogP contribution in [0.3, 0.4) is 0 Å². The number of nitrogens with one attached hydrogen (secondary N) is 2. The Morgan fingerprint density at radius 2 is 1.89 bits per heavy atom. The van der Waals surface area contributed by atoms with Crippen molar-refractivity contribution in [2.75, 3.05) is 0 Å². The smallest absolute Gasteiger partial charge is 0.321 e. The Balaban J connectivity index is 2.30. The molecular weight excluding hydrogens is 248 g/mol. The summed E-state index contributed by atoms with van der Waals surface area (Å²) in [6, 6.07) is -0.318. The number of urea groups is 1. The van der Waals surface area contributed by atoms with Gasteiger partial charge in [-0.15, -0.1) is 0 Å². The van der Waals surface area contributed by atoms with Gasteiger partial charge >= 0.3 is 12.0 Å². The summed E-state index contributed by atoms with van der Waals surface area (Å²) in [5, 5.41) is 13.7. The molecule has 1 aliphatic carbocycles. The first kappa shape index (κ1) is 15.5. The van der Waals surface area contributed by atoms with E-state index in [1.54, 1.807) is 13.8 Å². The molecule has 3 amide bonds. The third-order valence-corrected chi connectivity index (χ3v) is 3.29. The molecule has 0 aromatic carbocycles. The number of carboxylic acids is 1. The number of rotatable bonds is 6. The van der Waals surface area contributed by atoms with Crippen LogP contribution in [0.25, 0.3) is 0 Å². The predicted molar refractivity (Wildman–Crippen MR) is 69.5 cm³/mol. The zero-order valence-corrected chi connectivity index (χ0v) is 11.7. The molecule has 1 rings (SSSR count). The highest BCUT2D eigenvalue weighted by Crippen LogP contribution is 2.32. The van der Waals surface area contributed by atoms with E-state index in [9.17, 15) is 14.4 Å². The molecule has 0 spiro atoms. The van der Waals surface area contributed by atoms with Gasteiger partial charge in [-0.3, -0.25) is 14.9 Å². The van der Waals surface area contributed by atoms with Gasteiger partial charge in [-0.25, -0.2) is 4.79 Å². The summed E-state index contributed by atoms with van der Waals surface area (Å²) >= 11 is 0. The molecule has 6 heteroatoms. The summed E-state index contributed by atoms with van der Waals surface area (Å²) in [7, 11) is 0.